The first kappa shape index (κ1) is 21.9. The molecule has 1 N–H and O–H groups in total. The number of carbonyl (C=O) groups is 1. The normalized spacial score (nSPS) is 11.6. The van der Waals surface area contributed by atoms with Crippen molar-refractivity contribution in [3.63, 3.8) is 0 Å². The van der Waals surface area contributed by atoms with Crippen LogP contribution >= 0.6 is 11.6 Å². The molecule has 0 amide bonds. The van der Waals surface area contributed by atoms with Crippen molar-refractivity contribution >= 4 is 60.5 Å². The first-order valence-corrected chi connectivity index (χ1v) is 12.2. The highest BCUT2D eigenvalue weighted by molar-refractivity contribution is 7.93. The fourth-order valence-corrected chi connectivity index (χ4v) is 5.85. The van der Waals surface area contributed by atoms with Gasteiger partial charge in [0.2, 0.25) is 0 Å². The van der Waals surface area contributed by atoms with E-state index in [0.717, 1.165) is 27.6 Å². The van der Waals surface area contributed by atoms with Gasteiger partial charge in [-0.1, -0.05) is 84.4 Å². The third-order valence-corrected chi connectivity index (χ3v) is 7.73. The molecule has 5 aromatic rings. The number of halogens is 1. The number of aromatic carboxylic acids is 1. The van der Waals surface area contributed by atoms with Crippen LogP contribution < -0.4 is 4.31 Å². The van der Waals surface area contributed by atoms with Crippen molar-refractivity contribution in [2.75, 3.05) is 4.31 Å². The SMILES string of the molecule is O=C(O)c1cc(S(=O)(=O)N(c2cccc3ccccc23)c2cccc3ccccc23)ccc1Cl. The van der Waals surface area contributed by atoms with Gasteiger partial charge < -0.3 is 5.11 Å². The molecule has 5 aromatic carbocycles. The van der Waals surface area contributed by atoms with Crippen molar-refractivity contribution in [3.8, 4) is 0 Å². The molecule has 168 valence electrons. The number of carboxylic acids is 1. The number of fused-ring (bicyclic) bond motifs is 2. The minimum absolute atomic E-state index is 0.0340. The Kier molecular flexibility index (Phi) is 5.48. The number of anilines is 2. The summed E-state index contributed by atoms with van der Waals surface area (Å²) < 4.78 is 29.7. The molecule has 0 fully saturated rings. The molecule has 7 heteroatoms. The van der Waals surface area contributed by atoms with E-state index in [9.17, 15) is 18.3 Å². The minimum atomic E-state index is -4.25. The van der Waals surface area contributed by atoms with Gasteiger partial charge in [-0.2, -0.15) is 0 Å². The second-order valence-corrected chi connectivity index (χ2v) is 9.91. The first-order valence-electron chi connectivity index (χ1n) is 10.4. The average Bonchev–Trinajstić information content (AvgIpc) is 2.84. The maximum absolute atomic E-state index is 14.2. The van der Waals surface area contributed by atoms with E-state index in [-0.39, 0.29) is 15.5 Å². The Bertz CT molecular complexity index is 1590. The first-order chi connectivity index (χ1) is 16.4. The molecule has 5 nitrogen and oxygen atoms in total. The zero-order chi connectivity index (χ0) is 23.9. The molecule has 0 heterocycles. The monoisotopic (exact) mass is 487 g/mol. The molecular weight excluding hydrogens is 470 g/mol. The van der Waals surface area contributed by atoms with Crippen LogP contribution in [-0.2, 0) is 10.0 Å². The average molecular weight is 488 g/mol. The van der Waals surface area contributed by atoms with Crippen LogP contribution in [0, 0.1) is 0 Å². The minimum Gasteiger partial charge on any atom is -0.478 e. The number of sulfonamides is 1. The van der Waals surface area contributed by atoms with E-state index in [2.05, 4.69) is 0 Å². The number of benzene rings is 5. The van der Waals surface area contributed by atoms with Crippen LogP contribution in [-0.4, -0.2) is 19.5 Å². The lowest BCUT2D eigenvalue weighted by Crippen LogP contribution is -2.27. The van der Waals surface area contributed by atoms with Crippen LogP contribution in [0.4, 0.5) is 11.4 Å². The summed E-state index contributed by atoms with van der Waals surface area (Å²) in [5.74, 6) is -1.30. The topological polar surface area (TPSA) is 74.7 Å². The lowest BCUT2D eigenvalue weighted by Gasteiger charge is -2.27. The van der Waals surface area contributed by atoms with Gasteiger partial charge in [0.1, 0.15) is 0 Å². The molecule has 0 saturated carbocycles. The number of rotatable bonds is 5. The highest BCUT2D eigenvalue weighted by Crippen LogP contribution is 2.40. The predicted octanol–water partition coefficient (Wildman–Crippen LogP) is 6.87. The zero-order valence-corrected chi connectivity index (χ0v) is 19.3. The van der Waals surface area contributed by atoms with Crippen LogP contribution in [0.1, 0.15) is 10.4 Å². The molecule has 0 unspecified atom stereocenters. The predicted molar refractivity (Wildman–Crippen MR) is 136 cm³/mol. The van der Waals surface area contributed by atoms with Crippen LogP contribution in [0.5, 0.6) is 0 Å². The van der Waals surface area contributed by atoms with E-state index in [1.165, 1.54) is 16.4 Å². The molecule has 0 atom stereocenters. The third kappa shape index (κ3) is 3.67. The van der Waals surface area contributed by atoms with Crippen LogP contribution in [0.25, 0.3) is 21.5 Å². The summed E-state index contributed by atoms with van der Waals surface area (Å²) in [5, 5.41) is 12.7. The van der Waals surface area contributed by atoms with E-state index >= 15 is 0 Å². The number of carboxylic acid groups (broad SMARTS) is 1. The van der Waals surface area contributed by atoms with E-state index in [0.29, 0.717) is 11.4 Å². The molecule has 0 radical (unpaired) electrons. The summed E-state index contributed by atoms with van der Waals surface area (Å²) in [6.45, 7) is 0. The zero-order valence-electron chi connectivity index (χ0n) is 17.7. The molecule has 5 rings (SSSR count). The second-order valence-electron chi connectivity index (χ2n) is 7.71. The fourth-order valence-electron chi connectivity index (χ4n) is 4.09. The largest absolute Gasteiger partial charge is 0.478 e. The van der Waals surface area contributed by atoms with Gasteiger partial charge >= 0.3 is 5.97 Å². The quantitative estimate of drug-likeness (QED) is 0.293. The number of hydrogen-bond donors (Lipinski definition) is 1. The molecule has 0 spiro atoms. The molecule has 0 bridgehead atoms. The van der Waals surface area contributed by atoms with E-state index < -0.39 is 16.0 Å². The van der Waals surface area contributed by atoms with Crippen molar-refractivity contribution in [1.29, 1.82) is 0 Å². The van der Waals surface area contributed by atoms with Gasteiger partial charge in [-0.3, -0.25) is 0 Å². The van der Waals surface area contributed by atoms with Crippen LogP contribution in [0.3, 0.4) is 0 Å². The lowest BCUT2D eigenvalue weighted by atomic mass is 10.1. The van der Waals surface area contributed by atoms with Gasteiger partial charge in [0, 0.05) is 10.8 Å². The number of nitrogens with zero attached hydrogens (tertiary/aromatic N) is 1. The summed E-state index contributed by atoms with van der Waals surface area (Å²) in [5.41, 5.74) is 0.640. The second kappa shape index (κ2) is 8.48. The smallest absolute Gasteiger partial charge is 0.337 e. The van der Waals surface area contributed by atoms with E-state index in [1.807, 2.05) is 60.7 Å². The molecular formula is C27H18ClNO4S. The summed E-state index contributed by atoms with van der Waals surface area (Å²) in [7, 11) is -4.25. The summed E-state index contributed by atoms with van der Waals surface area (Å²) in [6, 6.07) is 29.7. The maximum atomic E-state index is 14.2. The van der Waals surface area contributed by atoms with Gasteiger partial charge in [0.15, 0.2) is 0 Å². The fraction of sp³-hybridized carbons (Fsp3) is 0. The van der Waals surface area contributed by atoms with Crippen molar-refractivity contribution < 1.29 is 18.3 Å². The Morgan fingerprint density at radius 1 is 0.706 bits per heavy atom. The Morgan fingerprint density at radius 3 is 1.74 bits per heavy atom. The maximum Gasteiger partial charge on any atom is 0.337 e. The van der Waals surface area contributed by atoms with E-state index in [1.54, 1.807) is 24.3 Å². The Balaban J connectivity index is 1.86. The highest BCUT2D eigenvalue weighted by Gasteiger charge is 2.30. The lowest BCUT2D eigenvalue weighted by molar-refractivity contribution is 0.0697. The number of hydrogen-bond acceptors (Lipinski definition) is 3. The van der Waals surface area contributed by atoms with Crippen molar-refractivity contribution in [2.45, 2.75) is 4.90 Å². The standard InChI is InChI=1S/C27H18ClNO4S/c28-24-16-15-20(17-23(24)27(30)31)34(32,33)29(25-13-5-9-18-7-1-3-11-21(18)25)26-14-6-10-19-8-2-4-12-22(19)26/h1-17H,(H,30,31). The van der Waals surface area contributed by atoms with Gasteiger partial charge in [-0.15, -0.1) is 0 Å². The molecule has 0 aliphatic carbocycles. The van der Waals surface area contributed by atoms with Crippen molar-refractivity contribution in [2.24, 2.45) is 0 Å². The van der Waals surface area contributed by atoms with Gasteiger partial charge in [-0.05, 0) is 41.1 Å². The van der Waals surface area contributed by atoms with Crippen molar-refractivity contribution in [3.05, 3.63) is 114 Å². The molecule has 0 aliphatic rings. The van der Waals surface area contributed by atoms with Gasteiger partial charge in [0.25, 0.3) is 10.0 Å². The van der Waals surface area contributed by atoms with Crippen LogP contribution in [0.15, 0.2) is 108 Å². The summed E-state index contributed by atoms with van der Waals surface area (Å²) >= 11 is 6.02. The van der Waals surface area contributed by atoms with E-state index in [4.69, 9.17) is 11.6 Å². The van der Waals surface area contributed by atoms with Gasteiger partial charge in [-0.25, -0.2) is 17.5 Å². The van der Waals surface area contributed by atoms with Gasteiger partial charge in [0.05, 0.1) is 26.9 Å². The highest BCUT2D eigenvalue weighted by atomic mass is 35.5. The van der Waals surface area contributed by atoms with Crippen LogP contribution in [0.2, 0.25) is 5.02 Å². The Morgan fingerprint density at radius 2 is 1.21 bits per heavy atom. The molecule has 0 aromatic heterocycles. The van der Waals surface area contributed by atoms with Crippen molar-refractivity contribution in [1.82, 2.24) is 0 Å². The Labute approximate surface area is 201 Å². The summed E-state index contributed by atoms with van der Waals surface area (Å²) in [4.78, 5) is 11.5. The molecule has 0 saturated heterocycles. The summed E-state index contributed by atoms with van der Waals surface area (Å²) in [6.07, 6.45) is 0. The molecule has 0 aliphatic heterocycles. The molecule has 34 heavy (non-hydrogen) atoms. The Hall–Kier alpha value is -3.87. The third-order valence-electron chi connectivity index (χ3n) is 5.68.